The van der Waals surface area contributed by atoms with Gasteiger partial charge in [-0.2, -0.15) is 10.1 Å². The van der Waals surface area contributed by atoms with Crippen molar-refractivity contribution in [2.75, 3.05) is 32.8 Å². The second-order valence-electron chi connectivity index (χ2n) is 6.73. The monoisotopic (exact) mass is 374 g/mol. The van der Waals surface area contributed by atoms with Crippen LogP contribution in [0.1, 0.15) is 35.6 Å². The maximum Gasteiger partial charge on any atom is 0.252 e. The van der Waals surface area contributed by atoms with Gasteiger partial charge in [0.15, 0.2) is 0 Å². The molecule has 146 valence electrons. The zero-order valence-corrected chi connectivity index (χ0v) is 16.1. The number of morpholine rings is 1. The summed E-state index contributed by atoms with van der Waals surface area (Å²) in [6.45, 7) is 8.49. The highest BCUT2D eigenvalue weighted by molar-refractivity contribution is 5.79. The number of carbonyl (C=O) groups is 2. The van der Waals surface area contributed by atoms with Gasteiger partial charge in [-0.1, -0.05) is 0 Å². The molecular formula is C18H26N6O3. The average molecular weight is 374 g/mol. The Labute approximate surface area is 158 Å². The van der Waals surface area contributed by atoms with Crippen LogP contribution in [0.5, 0.6) is 0 Å². The van der Waals surface area contributed by atoms with Crippen molar-refractivity contribution >= 4 is 17.6 Å². The number of hydrogen-bond donors (Lipinski definition) is 1. The topological polar surface area (TPSA) is 102 Å². The Morgan fingerprint density at radius 1 is 1.11 bits per heavy atom. The molecular weight excluding hydrogens is 348 g/mol. The van der Waals surface area contributed by atoms with Gasteiger partial charge in [0, 0.05) is 43.9 Å². The second kappa shape index (κ2) is 8.43. The zero-order chi connectivity index (χ0) is 19.4. The molecule has 1 aliphatic heterocycles. The van der Waals surface area contributed by atoms with Gasteiger partial charge in [-0.25, -0.2) is 9.50 Å². The SMILES string of the molecule is Cc1nc2nc(C)c(CCC(=O)NCCC(=O)N3CCOCC3)c(C)n2n1. The molecule has 2 amide bonds. The minimum atomic E-state index is -0.0709. The summed E-state index contributed by atoms with van der Waals surface area (Å²) in [4.78, 5) is 34.8. The number of hydrogen-bond acceptors (Lipinski definition) is 6. The molecule has 9 nitrogen and oxygen atoms in total. The van der Waals surface area contributed by atoms with Gasteiger partial charge in [-0.3, -0.25) is 9.59 Å². The standard InChI is InChI=1S/C18H26N6O3/c1-12-15(13(2)24-18(20-12)21-14(3)22-24)4-5-16(25)19-7-6-17(26)23-8-10-27-11-9-23/h4-11H2,1-3H3,(H,19,25). The van der Waals surface area contributed by atoms with E-state index < -0.39 is 0 Å². The summed E-state index contributed by atoms with van der Waals surface area (Å²) >= 11 is 0. The third-order valence-corrected chi connectivity index (χ3v) is 4.78. The van der Waals surface area contributed by atoms with Crippen LogP contribution in [-0.2, 0) is 20.7 Å². The molecule has 9 heteroatoms. The Morgan fingerprint density at radius 3 is 2.59 bits per heavy atom. The number of aromatic nitrogens is 4. The lowest BCUT2D eigenvalue weighted by Crippen LogP contribution is -2.42. The van der Waals surface area contributed by atoms with Crippen molar-refractivity contribution in [3.8, 4) is 0 Å². The van der Waals surface area contributed by atoms with E-state index in [-0.39, 0.29) is 11.8 Å². The molecule has 3 heterocycles. The third-order valence-electron chi connectivity index (χ3n) is 4.78. The Morgan fingerprint density at radius 2 is 1.85 bits per heavy atom. The number of ether oxygens (including phenoxy) is 1. The number of nitrogens with one attached hydrogen (secondary N) is 1. The van der Waals surface area contributed by atoms with Gasteiger partial charge < -0.3 is 15.0 Å². The van der Waals surface area contributed by atoms with Gasteiger partial charge in [-0.15, -0.1) is 0 Å². The molecule has 0 atom stereocenters. The molecule has 0 aromatic carbocycles. The van der Waals surface area contributed by atoms with Crippen LogP contribution in [0, 0.1) is 20.8 Å². The summed E-state index contributed by atoms with van der Waals surface area (Å²) in [6.07, 6.45) is 1.23. The fourth-order valence-corrected chi connectivity index (χ4v) is 3.28. The van der Waals surface area contributed by atoms with Crippen molar-refractivity contribution in [1.29, 1.82) is 0 Å². The van der Waals surface area contributed by atoms with Crippen LogP contribution in [0.25, 0.3) is 5.78 Å². The van der Waals surface area contributed by atoms with E-state index in [1.807, 2.05) is 20.8 Å². The van der Waals surface area contributed by atoms with E-state index in [0.29, 0.717) is 63.7 Å². The lowest BCUT2D eigenvalue weighted by atomic mass is 10.1. The first-order valence-electron chi connectivity index (χ1n) is 9.27. The predicted molar refractivity (Wildman–Crippen MR) is 98.3 cm³/mol. The van der Waals surface area contributed by atoms with E-state index in [9.17, 15) is 9.59 Å². The number of nitrogens with zero attached hydrogens (tertiary/aromatic N) is 5. The van der Waals surface area contributed by atoms with E-state index in [2.05, 4.69) is 20.4 Å². The van der Waals surface area contributed by atoms with Gasteiger partial charge in [0.2, 0.25) is 11.8 Å². The van der Waals surface area contributed by atoms with Gasteiger partial charge in [0.05, 0.1) is 13.2 Å². The minimum absolute atomic E-state index is 0.0569. The lowest BCUT2D eigenvalue weighted by molar-refractivity contribution is -0.135. The second-order valence-corrected chi connectivity index (χ2v) is 6.73. The summed E-state index contributed by atoms with van der Waals surface area (Å²) in [6, 6.07) is 0. The maximum absolute atomic E-state index is 12.2. The third kappa shape index (κ3) is 4.60. The summed E-state index contributed by atoms with van der Waals surface area (Å²) in [5, 5.41) is 7.18. The normalized spacial score (nSPS) is 14.6. The molecule has 1 N–H and O–H groups in total. The summed E-state index contributed by atoms with van der Waals surface area (Å²) < 4.78 is 6.95. The van der Waals surface area contributed by atoms with Crippen molar-refractivity contribution in [2.24, 2.45) is 0 Å². The molecule has 0 bridgehead atoms. The van der Waals surface area contributed by atoms with E-state index in [0.717, 1.165) is 17.0 Å². The van der Waals surface area contributed by atoms with Crippen molar-refractivity contribution in [3.05, 3.63) is 22.8 Å². The molecule has 2 aromatic heterocycles. The number of carbonyl (C=O) groups excluding carboxylic acids is 2. The quantitative estimate of drug-likeness (QED) is 0.783. The molecule has 1 aliphatic rings. The first-order chi connectivity index (χ1) is 13.0. The van der Waals surface area contributed by atoms with Crippen molar-refractivity contribution in [3.63, 3.8) is 0 Å². The Bertz CT molecular complexity index is 841. The van der Waals surface area contributed by atoms with Crippen LogP contribution in [0.2, 0.25) is 0 Å². The maximum atomic E-state index is 12.2. The fourth-order valence-electron chi connectivity index (χ4n) is 3.28. The Balaban J connectivity index is 1.49. The van der Waals surface area contributed by atoms with Gasteiger partial charge in [-0.05, 0) is 32.8 Å². The van der Waals surface area contributed by atoms with E-state index in [1.54, 1.807) is 9.42 Å². The number of amides is 2. The minimum Gasteiger partial charge on any atom is -0.378 e. The number of aryl methyl sites for hydroxylation is 3. The van der Waals surface area contributed by atoms with Crippen molar-refractivity contribution in [1.82, 2.24) is 29.8 Å². The van der Waals surface area contributed by atoms with Crippen molar-refractivity contribution in [2.45, 2.75) is 40.0 Å². The Kier molecular flexibility index (Phi) is 6.00. The first kappa shape index (κ1) is 19.2. The fraction of sp³-hybridized carbons (Fsp3) is 0.611. The van der Waals surface area contributed by atoms with Crippen LogP contribution in [-0.4, -0.2) is 69.1 Å². The molecule has 3 rings (SSSR count). The first-order valence-corrected chi connectivity index (χ1v) is 9.27. The smallest absolute Gasteiger partial charge is 0.252 e. The van der Waals surface area contributed by atoms with Gasteiger partial charge >= 0.3 is 0 Å². The van der Waals surface area contributed by atoms with E-state index in [4.69, 9.17) is 4.74 Å². The molecule has 0 unspecified atom stereocenters. The van der Waals surface area contributed by atoms with Crippen molar-refractivity contribution < 1.29 is 14.3 Å². The number of fused-ring (bicyclic) bond motifs is 1. The van der Waals surface area contributed by atoms with Crippen LogP contribution in [0.4, 0.5) is 0 Å². The highest BCUT2D eigenvalue weighted by Gasteiger charge is 2.17. The summed E-state index contributed by atoms with van der Waals surface area (Å²) in [5.74, 6) is 1.24. The molecule has 1 saturated heterocycles. The molecule has 0 spiro atoms. The van der Waals surface area contributed by atoms with E-state index >= 15 is 0 Å². The molecule has 0 aliphatic carbocycles. The lowest BCUT2D eigenvalue weighted by Gasteiger charge is -2.26. The molecule has 2 aromatic rings. The molecule has 0 radical (unpaired) electrons. The highest BCUT2D eigenvalue weighted by Crippen LogP contribution is 2.15. The van der Waals surface area contributed by atoms with Gasteiger partial charge in [0.25, 0.3) is 5.78 Å². The highest BCUT2D eigenvalue weighted by atomic mass is 16.5. The van der Waals surface area contributed by atoms with Crippen LogP contribution >= 0.6 is 0 Å². The summed E-state index contributed by atoms with van der Waals surface area (Å²) in [7, 11) is 0. The van der Waals surface area contributed by atoms with E-state index in [1.165, 1.54) is 0 Å². The van der Waals surface area contributed by atoms with Crippen LogP contribution < -0.4 is 5.32 Å². The Hall–Kier alpha value is -2.55. The van der Waals surface area contributed by atoms with Crippen LogP contribution in [0.15, 0.2) is 0 Å². The predicted octanol–water partition coefficient (Wildman–Crippen LogP) is 0.347. The number of rotatable bonds is 6. The van der Waals surface area contributed by atoms with Gasteiger partial charge in [0.1, 0.15) is 5.82 Å². The zero-order valence-electron chi connectivity index (χ0n) is 16.1. The average Bonchev–Trinajstić information content (AvgIpc) is 3.02. The molecule has 27 heavy (non-hydrogen) atoms. The van der Waals surface area contributed by atoms with Crippen LogP contribution in [0.3, 0.4) is 0 Å². The largest absolute Gasteiger partial charge is 0.378 e. The summed E-state index contributed by atoms with van der Waals surface area (Å²) in [5.41, 5.74) is 2.82. The molecule has 0 saturated carbocycles. The molecule has 1 fully saturated rings.